The summed E-state index contributed by atoms with van der Waals surface area (Å²) in [5.74, 6) is -5.02. The van der Waals surface area contributed by atoms with Gasteiger partial charge in [-0.1, -0.05) is 230 Å². The average molecular weight is 1710 g/mol. The monoisotopic (exact) mass is 1710 g/mol. The second-order valence-electron chi connectivity index (χ2n) is 37.7. The lowest BCUT2D eigenvalue weighted by molar-refractivity contribution is -0.419. The quantitative estimate of drug-likeness (QED) is 0.0264. The highest BCUT2D eigenvalue weighted by Gasteiger charge is 2.71. The molecule has 4 aliphatic heterocycles. The predicted molar refractivity (Wildman–Crippen MR) is 461 cm³/mol. The maximum absolute atomic E-state index is 15.3. The van der Waals surface area contributed by atoms with E-state index in [4.69, 9.17) is 71.1 Å². The van der Waals surface area contributed by atoms with Gasteiger partial charge in [-0.15, -0.1) is 0 Å². The van der Waals surface area contributed by atoms with Crippen molar-refractivity contribution in [3.05, 3.63) is 299 Å². The highest BCUT2D eigenvalue weighted by molar-refractivity contribution is 5.93. The fraction of sp³-hybridized carbons (Fsp3) is 0.452. The minimum atomic E-state index is -1.85. The summed E-state index contributed by atoms with van der Waals surface area (Å²) < 4.78 is 105. The number of hydrogen-bond acceptors (Lipinski definition) is 22. The first-order valence-electron chi connectivity index (χ1n) is 44.5. The summed E-state index contributed by atoms with van der Waals surface area (Å²) in [4.78, 5) is 105. The Labute approximate surface area is 735 Å². The Morgan fingerprint density at radius 1 is 0.389 bits per heavy atom. The zero-order valence-corrected chi connectivity index (χ0v) is 72.7. The molecule has 0 radical (unpaired) electrons. The third kappa shape index (κ3) is 17.2. The van der Waals surface area contributed by atoms with Crippen molar-refractivity contribution in [1.82, 2.24) is 0 Å². The Hall–Kier alpha value is -10.5. The topological polar surface area (TPSA) is 258 Å². The van der Waals surface area contributed by atoms with E-state index in [0.717, 1.165) is 63.4 Å². The van der Waals surface area contributed by atoms with Crippen molar-refractivity contribution in [2.75, 3.05) is 6.61 Å². The first-order chi connectivity index (χ1) is 60.7. The second kappa shape index (κ2) is 36.3. The van der Waals surface area contributed by atoms with Crippen LogP contribution in [0.5, 0.6) is 0 Å². The van der Waals surface area contributed by atoms with Crippen molar-refractivity contribution in [3.63, 3.8) is 0 Å². The molecule has 24 atom stereocenters. The molecule has 0 bridgehead atoms. The van der Waals surface area contributed by atoms with Gasteiger partial charge < -0.3 is 71.1 Å². The molecule has 8 fully saturated rings. The third-order valence-corrected chi connectivity index (χ3v) is 29.4. The lowest BCUT2D eigenvalue weighted by atomic mass is 9.33. The summed E-state index contributed by atoms with van der Waals surface area (Å²) in [6.07, 6.45) is -14.8. The molecule has 126 heavy (non-hydrogen) atoms. The molecule has 22 nitrogen and oxygen atoms in total. The summed E-state index contributed by atoms with van der Waals surface area (Å²) in [5, 5.41) is 0. The lowest BCUT2D eigenvalue weighted by Gasteiger charge is -2.71. The van der Waals surface area contributed by atoms with Crippen LogP contribution in [0.2, 0.25) is 0 Å². The molecule has 0 amide bonds. The zero-order valence-electron chi connectivity index (χ0n) is 72.7. The minimum Gasteiger partial charge on any atom is -0.460 e. The molecule has 8 aromatic rings. The number of carbonyl (C=O) groups excluding carboxylic acids is 7. The standard InChI is InChI=1S/C104H112O22/c1-63-79(118-88(105)66-36-20-11-21-37-66)82(120-90(107)68-40-24-13-25-41-68)85(122-92(109)70-44-28-15-29-45-70)95(114-63)125-84-81-75(62-112-94(124-81)72-48-32-17-33-49-72)116-97(87(84)126-96-86(123-93(110)71-46-30-16-31-47-71)83(121-91(108)69-42-26-14-27-43-69)80(64(2)115-96)119-89(106)67-38-22-12-23-39-67)117-78-53-54-101(7)76(100(78,5)6)52-55-103(9)77(101)51-50-73-74-60-99(3,4)56-58-104(74,59-57-102(73,103)8)98(111)113-61-65-34-18-10-19-35-65/h10-50,63-64,74-87,94-97H,51-62H2,1-9H3/t63-,64-,74-,75+,76-,77+,78-,79-,80-,81-,82+,83+,84-,85+,86+,87+,94+,95-,96-,97-,101-,102+,103+,104-/m0/s1. The van der Waals surface area contributed by atoms with Crippen molar-refractivity contribution in [1.29, 1.82) is 0 Å². The zero-order chi connectivity index (χ0) is 87.9. The van der Waals surface area contributed by atoms with Crippen LogP contribution >= 0.6 is 0 Å². The second-order valence-corrected chi connectivity index (χ2v) is 37.7. The Bertz CT molecular complexity index is 5200. The fourth-order valence-electron chi connectivity index (χ4n) is 22.5. The smallest absolute Gasteiger partial charge is 0.338 e. The number of esters is 7. The molecule has 22 heteroatoms. The minimum absolute atomic E-state index is 0.00715. The van der Waals surface area contributed by atoms with Crippen molar-refractivity contribution >= 4 is 41.8 Å². The number of rotatable bonds is 22. The summed E-state index contributed by atoms with van der Waals surface area (Å²) in [6.45, 7) is 20.1. The van der Waals surface area contributed by atoms with Crippen LogP contribution in [0.1, 0.15) is 206 Å². The molecule has 0 N–H and O–H groups in total. The van der Waals surface area contributed by atoms with Gasteiger partial charge in [-0.05, 0) is 201 Å². The molecule has 0 unspecified atom stereocenters. The number of ether oxygens (including phenoxy) is 15. The van der Waals surface area contributed by atoms with Crippen LogP contribution in [0.25, 0.3) is 0 Å². The third-order valence-electron chi connectivity index (χ3n) is 29.4. The van der Waals surface area contributed by atoms with Crippen molar-refractivity contribution in [3.8, 4) is 0 Å². The molecule has 660 valence electrons. The molecule has 4 saturated carbocycles. The maximum Gasteiger partial charge on any atom is 0.338 e. The molecule has 4 saturated heterocycles. The van der Waals surface area contributed by atoms with Gasteiger partial charge in [0, 0.05) is 5.56 Å². The Kier molecular flexibility index (Phi) is 25.2. The molecular weight excluding hydrogens is 1600 g/mol. The van der Waals surface area contributed by atoms with Gasteiger partial charge >= 0.3 is 41.8 Å². The van der Waals surface area contributed by atoms with Crippen molar-refractivity contribution in [2.24, 2.45) is 50.2 Å². The summed E-state index contributed by atoms with van der Waals surface area (Å²) in [6, 6.07) is 68.4. The van der Waals surface area contributed by atoms with E-state index >= 15 is 24.0 Å². The van der Waals surface area contributed by atoms with Crippen LogP contribution in [0, 0.1) is 50.2 Å². The van der Waals surface area contributed by atoms with Gasteiger partial charge in [0.1, 0.15) is 31.0 Å². The van der Waals surface area contributed by atoms with E-state index < -0.39 is 151 Å². The van der Waals surface area contributed by atoms with Crippen LogP contribution in [-0.4, -0.2) is 147 Å². The van der Waals surface area contributed by atoms with Gasteiger partial charge in [0.15, 0.2) is 61.8 Å². The van der Waals surface area contributed by atoms with Crippen LogP contribution in [0.15, 0.2) is 254 Å². The SMILES string of the molecule is C[C@@H]1O[C@@H](O[C@H]2[C@H]3O[C@H](c4ccccc4)OC[C@H]3O[C@@H](O[C@H]3CC[C@]4(C)[C@H]5CC=C6[C@@H]7CC(C)(C)CC[C@]7(C(=O)OCc7ccccc7)CC[C@@]6(C)[C@]5(C)CC[C@H]4C3(C)C)[C@@H]2O[C@@H]2O[C@@H](C)[C@H](OC(=O)c3ccccc3)[C@@H](OC(=O)c3ccccc3)[C@H]2OC(=O)c2ccccc2)[C@H](OC(=O)c2ccccc2)[C@H](OC(=O)c2ccccc2)[C@H]1OC(=O)c1ccccc1. The number of allylic oxidation sites excluding steroid dienone is 2. The molecule has 9 aliphatic rings. The maximum atomic E-state index is 15.3. The number of benzene rings is 8. The normalized spacial score (nSPS) is 34.1. The highest BCUT2D eigenvalue weighted by atomic mass is 16.8. The van der Waals surface area contributed by atoms with Gasteiger partial charge in [-0.2, -0.15) is 0 Å². The number of carbonyl (C=O) groups is 7. The van der Waals surface area contributed by atoms with Gasteiger partial charge in [0.2, 0.25) is 0 Å². The Morgan fingerprint density at radius 3 is 1.25 bits per heavy atom. The molecule has 4 heterocycles. The average Bonchev–Trinajstić information content (AvgIpc) is 0.673. The van der Waals surface area contributed by atoms with Gasteiger partial charge in [0.05, 0.1) is 63.7 Å². The van der Waals surface area contributed by atoms with Gasteiger partial charge in [-0.3, -0.25) is 4.79 Å². The van der Waals surface area contributed by atoms with Crippen LogP contribution in [0.4, 0.5) is 0 Å². The Morgan fingerprint density at radius 2 is 0.794 bits per heavy atom. The van der Waals surface area contributed by atoms with E-state index in [0.29, 0.717) is 12.0 Å². The largest absolute Gasteiger partial charge is 0.460 e. The van der Waals surface area contributed by atoms with Gasteiger partial charge in [-0.25, -0.2) is 28.8 Å². The number of fused-ring (bicyclic) bond motifs is 8. The molecule has 17 rings (SSSR count). The molecule has 0 aromatic heterocycles. The van der Waals surface area contributed by atoms with E-state index in [1.165, 1.54) is 5.57 Å². The van der Waals surface area contributed by atoms with Crippen molar-refractivity contribution in [2.45, 2.75) is 238 Å². The molecular formula is C104H112O22. The van der Waals surface area contributed by atoms with E-state index in [-0.39, 0.29) is 92.0 Å². The van der Waals surface area contributed by atoms with Crippen LogP contribution in [0.3, 0.4) is 0 Å². The lowest BCUT2D eigenvalue weighted by Crippen LogP contribution is -2.70. The van der Waals surface area contributed by atoms with E-state index in [1.54, 1.807) is 196 Å². The molecule has 5 aliphatic carbocycles. The van der Waals surface area contributed by atoms with Gasteiger partial charge in [0.25, 0.3) is 0 Å². The van der Waals surface area contributed by atoms with E-state index in [9.17, 15) is 9.59 Å². The summed E-state index contributed by atoms with van der Waals surface area (Å²) >= 11 is 0. The van der Waals surface area contributed by atoms with Crippen LogP contribution < -0.4 is 0 Å². The fourth-order valence-corrected chi connectivity index (χ4v) is 22.5. The molecule has 0 spiro atoms. The molecule has 8 aromatic carbocycles. The van der Waals surface area contributed by atoms with Crippen LogP contribution in [-0.2, 0) is 82.5 Å². The first kappa shape index (κ1) is 87.5. The first-order valence-corrected chi connectivity index (χ1v) is 44.5. The summed E-state index contributed by atoms with van der Waals surface area (Å²) in [5.41, 5.74) is 1.70. The summed E-state index contributed by atoms with van der Waals surface area (Å²) in [7, 11) is 0. The number of hydrogen-bond donors (Lipinski definition) is 0. The Balaban J connectivity index is 0.784. The predicted octanol–water partition coefficient (Wildman–Crippen LogP) is 18.4. The van der Waals surface area contributed by atoms with Crippen molar-refractivity contribution < 1.29 is 105 Å². The van der Waals surface area contributed by atoms with E-state index in [1.807, 2.05) is 60.7 Å². The highest BCUT2D eigenvalue weighted by Crippen LogP contribution is 2.76. The van der Waals surface area contributed by atoms with E-state index in [2.05, 4.69) is 54.5 Å².